The molecular weight excluding hydrogens is 695 g/mol. The van der Waals surface area contributed by atoms with Gasteiger partial charge in [-0.15, -0.1) is 0 Å². The molecule has 0 aromatic rings. The van der Waals surface area contributed by atoms with Gasteiger partial charge in [0, 0.05) is 12.8 Å². The third-order valence-electron chi connectivity index (χ3n) is 8.12. The number of carboxylic acid groups (broad SMARTS) is 1. The molecule has 0 aliphatic rings. The standard InChI is InChI=1S/C46H75NO8/c1-6-8-10-12-14-16-18-20-21-22-23-25-27-29-31-33-35-37-44(49)55-42(41-54-46(45(50)51)52-39-38-47(3,4)5)40-53-43(48)36-34-32-30-28-26-24-19-17-15-13-11-9-7-2/h8,10-11,13-14,16-17,19-21,23,25,29,31,42,46H,6-7,9,12,15,18,22,24,26-28,30,32-41H2,1-5H3/p+1/b10-8-,13-11-,16-14-,19-17-,21-20-,25-23-,31-29-. The van der Waals surface area contributed by atoms with Crippen molar-refractivity contribution in [3.63, 3.8) is 0 Å². The highest BCUT2D eigenvalue weighted by atomic mass is 16.7. The summed E-state index contributed by atoms with van der Waals surface area (Å²) >= 11 is 0. The highest BCUT2D eigenvalue weighted by Gasteiger charge is 2.25. The van der Waals surface area contributed by atoms with Crippen molar-refractivity contribution < 1.29 is 42.9 Å². The lowest BCUT2D eigenvalue weighted by atomic mass is 10.1. The number of aliphatic carboxylic acids is 1. The fourth-order valence-corrected chi connectivity index (χ4v) is 4.91. The van der Waals surface area contributed by atoms with Crippen molar-refractivity contribution in [1.82, 2.24) is 0 Å². The minimum atomic E-state index is -1.53. The van der Waals surface area contributed by atoms with Gasteiger partial charge in [0.2, 0.25) is 0 Å². The van der Waals surface area contributed by atoms with Crippen LogP contribution in [0.1, 0.15) is 129 Å². The lowest BCUT2D eigenvalue weighted by molar-refractivity contribution is -0.870. The van der Waals surface area contributed by atoms with Gasteiger partial charge < -0.3 is 28.5 Å². The van der Waals surface area contributed by atoms with Crippen LogP contribution in [0.25, 0.3) is 0 Å². The fraction of sp³-hybridized carbons (Fsp3) is 0.630. The van der Waals surface area contributed by atoms with E-state index in [4.69, 9.17) is 18.9 Å². The molecule has 0 aliphatic carbocycles. The lowest BCUT2D eigenvalue weighted by Crippen LogP contribution is -2.40. The summed E-state index contributed by atoms with van der Waals surface area (Å²) in [6.07, 6.45) is 43.6. The zero-order valence-electron chi connectivity index (χ0n) is 35.0. The van der Waals surface area contributed by atoms with E-state index in [9.17, 15) is 19.5 Å². The molecule has 0 saturated heterocycles. The number of allylic oxidation sites excluding steroid dienone is 14. The fourth-order valence-electron chi connectivity index (χ4n) is 4.91. The van der Waals surface area contributed by atoms with E-state index in [-0.39, 0.29) is 38.6 Å². The molecule has 0 aromatic carbocycles. The van der Waals surface area contributed by atoms with E-state index in [1.807, 2.05) is 27.2 Å². The van der Waals surface area contributed by atoms with Crippen LogP contribution in [-0.4, -0.2) is 87.4 Å². The van der Waals surface area contributed by atoms with Crippen molar-refractivity contribution in [2.75, 3.05) is 47.5 Å². The van der Waals surface area contributed by atoms with Crippen LogP contribution in [0.4, 0.5) is 0 Å². The Morgan fingerprint density at radius 3 is 1.60 bits per heavy atom. The number of rotatable bonds is 36. The van der Waals surface area contributed by atoms with Crippen molar-refractivity contribution >= 4 is 17.9 Å². The molecule has 0 bridgehead atoms. The second-order valence-electron chi connectivity index (χ2n) is 14.6. The minimum Gasteiger partial charge on any atom is -0.477 e. The Kier molecular flexibility index (Phi) is 35.0. The average Bonchev–Trinajstić information content (AvgIpc) is 3.14. The first-order chi connectivity index (χ1) is 26.6. The molecule has 0 spiro atoms. The molecule has 2 unspecified atom stereocenters. The summed E-state index contributed by atoms with van der Waals surface area (Å²) in [5.74, 6) is -2.12. The Morgan fingerprint density at radius 1 is 0.564 bits per heavy atom. The zero-order valence-corrected chi connectivity index (χ0v) is 35.0. The number of hydrogen-bond donors (Lipinski definition) is 1. The number of esters is 2. The van der Waals surface area contributed by atoms with Crippen LogP contribution < -0.4 is 0 Å². The van der Waals surface area contributed by atoms with E-state index in [1.54, 1.807) is 0 Å². The van der Waals surface area contributed by atoms with Crippen LogP contribution in [0.3, 0.4) is 0 Å². The quantitative estimate of drug-likeness (QED) is 0.0221. The summed E-state index contributed by atoms with van der Waals surface area (Å²) in [5.41, 5.74) is 0. The molecule has 312 valence electrons. The molecule has 0 heterocycles. The summed E-state index contributed by atoms with van der Waals surface area (Å²) in [6.45, 7) is 4.57. The molecule has 0 aliphatic heterocycles. The van der Waals surface area contributed by atoms with E-state index in [0.29, 0.717) is 23.9 Å². The van der Waals surface area contributed by atoms with Gasteiger partial charge in [-0.25, -0.2) is 4.79 Å². The van der Waals surface area contributed by atoms with E-state index >= 15 is 0 Å². The number of likely N-dealkylation sites (N-methyl/N-ethyl adjacent to an activating group) is 1. The zero-order chi connectivity index (χ0) is 40.7. The maximum Gasteiger partial charge on any atom is 0.361 e. The van der Waals surface area contributed by atoms with E-state index in [0.717, 1.165) is 83.5 Å². The third-order valence-corrected chi connectivity index (χ3v) is 8.12. The number of carbonyl (C=O) groups excluding carboxylic acids is 2. The molecule has 1 N–H and O–H groups in total. The maximum atomic E-state index is 12.7. The number of nitrogens with zero attached hydrogens (tertiary/aromatic N) is 1. The van der Waals surface area contributed by atoms with Gasteiger partial charge in [-0.2, -0.15) is 0 Å². The Morgan fingerprint density at radius 2 is 1.05 bits per heavy atom. The van der Waals surface area contributed by atoms with E-state index < -0.39 is 24.3 Å². The number of ether oxygens (including phenoxy) is 4. The van der Waals surface area contributed by atoms with Crippen molar-refractivity contribution in [3.05, 3.63) is 85.1 Å². The van der Waals surface area contributed by atoms with Crippen LogP contribution in [0, 0.1) is 0 Å². The Hall–Kier alpha value is -3.53. The van der Waals surface area contributed by atoms with Crippen molar-refractivity contribution in [1.29, 1.82) is 0 Å². The van der Waals surface area contributed by atoms with Crippen LogP contribution >= 0.6 is 0 Å². The van der Waals surface area contributed by atoms with Crippen molar-refractivity contribution in [3.8, 4) is 0 Å². The molecular formula is C46H76NO8+. The first-order valence-electron chi connectivity index (χ1n) is 20.8. The highest BCUT2D eigenvalue weighted by Crippen LogP contribution is 2.11. The monoisotopic (exact) mass is 771 g/mol. The second kappa shape index (κ2) is 37.4. The van der Waals surface area contributed by atoms with Gasteiger partial charge in [0.1, 0.15) is 13.2 Å². The van der Waals surface area contributed by atoms with Crippen LogP contribution in [0.15, 0.2) is 85.1 Å². The summed E-state index contributed by atoms with van der Waals surface area (Å²) in [6, 6.07) is 0. The minimum absolute atomic E-state index is 0.170. The molecule has 0 saturated carbocycles. The average molecular weight is 771 g/mol. The smallest absolute Gasteiger partial charge is 0.361 e. The largest absolute Gasteiger partial charge is 0.477 e. The molecule has 9 nitrogen and oxygen atoms in total. The molecule has 0 aromatic heterocycles. The maximum absolute atomic E-state index is 12.7. The third kappa shape index (κ3) is 38.5. The Labute approximate surface area is 334 Å². The van der Waals surface area contributed by atoms with E-state index in [2.05, 4.69) is 92.8 Å². The summed E-state index contributed by atoms with van der Waals surface area (Å²) < 4.78 is 22.6. The SMILES string of the molecule is CC/C=C\C/C=C\C/C=C\C/C=C\C/C=C\CCCC(=O)OC(COC(=O)CCCCCCC/C=C\C/C=C\CCC)COC(OCC[N+](C)(C)C)C(=O)O. The summed E-state index contributed by atoms with van der Waals surface area (Å²) in [5, 5.41) is 9.61. The van der Waals surface area contributed by atoms with Gasteiger partial charge >= 0.3 is 17.9 Å². The molecule has 2 atom stereocenters. The Balaban J connectivity index is 4.64. The molecule has 55 heavy (non-hydrogen) atoms. The molecule has 0 radical (unpaired) electrons. The molecule has 0 rings (SSSR count). The number of carboxylic acids is 1. The van der Waals surface area contributed by atoms with E-state index in [1.165, 1.54) is 6.42 Å². The van der Waals surface area contributed by atoms with Crippen LogP contribution in [0.5, 0.6) is 0 Å². The van der Waals surface area contributed by atoms with Crippen LogP contribution in [0.2, 0.25) is 0 Å². The van der Waals surface area contributed by atoms with Gasteiger partial charge in [-0.05, 0) is 77.0 Å². The number of hydrogen-bond acceptors (Lipinski definition) is 7. The first-order valence-corrected chi connectivity index (χ1v) is 20.8. The molecule has 9 heteroatoms. The normalized spacial score (nSPS) is 13.8. The number of quaternary nitrogens is 1. The summed E-state index contributed by atoms with van der Waals surface area (Å²) in [7, 11) is 5.91. The van der Waals surface area contributed by atoms with Crippen LogP contribution in [-0.2, 0) is 33.3 Å². The van der Waals surface area contributed by atoms with Gasteiger partial charge in [-0.1, -0.05) is 125 Å². The van der Waals surface area contributed by atoms with Crippen molar-refractivity contribution in [2.45, 2.75) is 142 Å². The lowest BCUT2D eigenvalue weighted by Gasteiger charge is -2.25. The van der Waals surface area contributed by atoms with Gasteiger partial charge in [0.25, 0.3) is 6.29 Å². The van der Waals surface area contributed by atoms with Gasteiger partial charge in [0.15, 0.2) is 6.10 Å². The second-order valence-corrected chi connectivity index (χ2v) is 14.6. The summed E-state index contributed by atoms with van der Waals surface area (Å²) in [4.78, 5) is 37.0. The number of carbonyl (C=O) groups is 3. The highest BCUT2D eigenvalue weighted by molar-refractivity contribution is 5.71. The Bertz CT molecular complexity index is 1170. The predicted molar refractivity (Wildman–Crippen MR) is 226 cm³/mol. The van der Waals surface area contributed by atoms with Gasteiger partial charge in [0.05, 0.1) is 34.4 Å². The van der Waals surface area contributed by atoms with Gasteiger partial charge in [-0.3, -0.25) is 9.59 Å². The topological polar surface area (TPSA) is 108 Å². The first kappa shape index (κ1) is 51.5. The molecule has 0 fully saturated rings. The predicted octanol–water partition coefficient (Wildman–Crippen LogP) is 10.5. The van der Waals surface area contributed by atoms with Crippen molar-refractivity contribution in [2.24, 2.45) is 0 Å². The molecule has 0 amide bonds. The number of unbranched alkanes of at least 4 members (excludes halogenated alkanes) is 7.